The first kappa shape index (κ1) is 24.8. The van der Waals surface area contributed by atoms with E-state index in [9.17, 15) is 9.90 Å². The molecule has 1 aliphatic rings. The predicted octanol–water partition coefficient (Wildman–Crippen LogP) is 4.18. The van der Waals surface area contributed by atoms with Crippen LogP contribution in [-0.4, -0.2) is 65.7 Å². The highest BCUT2D eigenvalue weighted by Crippen LogP contribution is 2.33. The van der Waals surface area contributed by atoms with Gasteiger partial charge in [-0.2, -0.15) is 0 Å². The number of aromatic nitrogens is 2. The van der Waals surface area contributed by atoms with Crippen LogP contribution < -0.4 is 10.6 Å². The first-order chi connectivity index (χ1) is 18.0. The Bertz CT molecular complexity index is 1510. The van der Waals surface area contributed by atoms with Gasteiger partial charge in [0.2, 0.25) is 0 Å². The van der Waals surface area contributed by atoms with Crippen molar-refractivity contribution in [2.24, 2.45) is 0 Å². The van der Waals surface area contributed by atoms with E-state index in [2.05, 4.69) is 51.4 Å². The first-order valence-electron chi connectivity index (χ1n) is 12.9. The minimum Gasteiger partial charge on any atom is -0.507 e. The summed E-state index contributed by atoms with van der Waals surface area (Å²) in [6, 6.07) is 11.5. The Morgan fingerprint density at radius 2 is 1.95 bits per heavy atom. The van der Waals surface area contributed by atoms with Crippen molar-refractivity contribution in [3.8, 4) is 28.8 Å². The lowest BCUT2D eigenvalue weighted by atomic mass is 10.0. The smallest absolute Gasteiger partial charge is 0.252 e. The molecule has 0 bridgehead atoms. The molecule has 4 N–H and O–H groups in total. The Morgan fingerprint density at radius 1 is 1.11 bits per heavy atom. The van der Waals surface area contributed by atoms with Crippen LogP contribution in [0.15, 0.2) is 42.6 Å². The SMILES string of the molecule is CNCCNC(=O)c1cc(-c2c[nH]c3ccc(C)cc23)nc2cc(O)c(C#CCN3CCCCC3)cc12. The van der Waals surface area contributed by atoms with E-state index in [1.165, 1.54) is 19.3 Å². The third kappa shape index (κ3) is 5.46. The molecule has 0 spiro atoms. The third-order valence-electron chi connectivity index (χ3n) is 6.92. The maximum Gasteiger partial charge on any atom is 0.252 e. The van der Waals surface area contributed by atoms with E-state index in [-0.39, 0.29) is 11.7 Å². The van der Waals surface area contributed by atoms with Gasteiger partial charge >= 0.3 is 0 Å². The summed E-state index contributed by atoms with van der Waals surface area (Å²) in [6.07, 6.45) is 5.61. The van der Waals surface area contributed by atoms with Gasteiger partial charge in [0, 0.05) is 47.2 Å². The molecule has 1 fully saturated rings. The largest absolute Gasteiger partial charge is 0.507 e. The molecular weight excluding hydrogens is 462 g/mol. The van der Waals surface area contributed by atoms with Crippen LogP contribution in [0.1, 0.15) is 40.7 Å². The number of rotatable bonds is 6. The normalized spacial score (nSPS) is 14.0. The number of amides is 1. The first-order valence-corrected chi connectivity index (χ1v) is 12.9. The number of likely N-dealkylation sites (tertiary alicyclic amines) is 1. The molecule has 0 aliphatic carbocycles. The Hall–Kier alpha value is -3.86. The van der Waals surface area contributed by atoms with Gasteiger partial charge in [-0.1, -0.05) is 29.9 Å². The molecule has 3 heterocycles. The van der Waals surface area contributed by atoms with E-state index in [0.717, 1.165) is 35.1 Å². The van der Waals surface area contributed by atoms with Crippen LogP contribution >= 0.6 is 0 Å². The van der Waals surface area contributed by atoms with Crippen LogP contribution in [0, 0.1) is 18.8 Å². The predicted molar refractivity (Wildman–Crippen MR) is 149 cm³/mol. The van der Waals surface area contributed by atoms with Gasteiger partial charge in [0.05, 0.1) is 28.9 Å². The summed E-state index contributed by atoms with van der Waals surface area (Å²) in [4.78, 5) is 23.8. The number of hydrogen-bond donors (Lipinski definition) is 4. The molecule has 0 saturated carbocycles. The summed E-state index contributed by atoms with van der Waals surface area (Å²) in [6.45, 7) is 6.02. The molecule has 0 unspecified atom stereocenters. The van der Waals surface area contributed by atoms with Gasteiger partial charge in [0.15, 0.2) is 0 Å². The van der Waals surface area contributed by atoms with Crippen molar-refractivity contribution < 1.29 is 9.90 Å². The molecule has 1 saturated heterocycles. The van der Waals surface area contributed by atoms with Crippen molar-refractivity contribution in [2.75, 3.05) is 39.8 Å². The van der Waals surface area contributed by atoms with Crippen LogP contribution in [0.3, 0.4) is 0 Å². The number of nitrogens with zero attached hydrogens (tertiary/aromatic N) is 2. The molecular formula is C30H33N5O2. The number of fused-ring (bicyclic) bond motifs is 2. The molecule has 2 aromatic carbocycles. The fourth-order valence-corrected chi connectivity index (χ4v) is 4.89. The van der Waals surface area contributed by atoms with E-state index >= 15 is 0 Å². The minimum atomic E-state index is -0.183. The highest BCUT2D eigenvalue weighted by atomic mass is 16.3. The fourth-order valence-electron chi connectivity index (χ4n) is 4.89. The van der Waals surface area contributed by atoms with Crippen molar-refractivity contribution in [3.63, 3.8) is 0 Å². The maximum absolute atomic E-state index is 13.3. The zero-order valence-electron chi connectivity index (χ0n) is 21.4. The van der Waals surface area contributed by atoms with Crippen molar-refractivity contribution in [1.82, 2.24) is 25.5 Å². The topological polar surface area (TPSA) is 93.3 Å². The van der Waals surface area contributed by atoms with Crippen molar-refractivity contribution in [1.29, 1.82) is 0 Å². The van der Waals surface area contributed by atoms with Gasteiger partial charge in [-0.05, 0) is 64.2 Å². The van der Waals surface area contributed by atoms with Crippen molar-refractivity contribution in [3.05, 3.63) is 59.3 Å². The summed E-state index contributed by atoms with van der Waals surface area (Å²) >= 11 is 0. The zero-order valence-corrected chi connectivity index (χ0v) is 21.4. The molecule has 7 heteroatoms. The highest BCUT2D eigenvalue weighted by molar-refractivity contribution is 6.09. The summed E-state index contributed by atoms with van der Waals surface area (Å²) < 4.78 is 0. The quantitative estimate of drug-likeness (QED) is 0.238. The molecule has 2 aromatic heterocycles. The number of piperidine rings is 1. The Balaban J connectivity index is 1.57. The van der Waals surface area contributed by atoms with Gasteiger partial charge in [-0.15, -0.1) is 0 Å². The second-order valence-corrected chi connectivity index (χ2v) is 9.69. The number of phenols is 1. The number of hydrogen-bond acceptors (Lipinski definition) is 5. The number of carbonyl (C=O) groups is 1. The van der Waals surface area contributed by atoms with Crippen LogP contribution in [0.25, 0.3) is 33.1 Å². The molecule has 37 heavy (non-hydrogen) atoms. The lowest BCUT2D eigenvalue weighted by Crippen LogP contribution is -2.30. The third-order valence-corrected chi connectivity index (χ3v) is 6.92. The number of benzene rings is 2. The van der Waals surface area contributed by atoms with Crippen molar-refractivity contribution in [2.45, 2.75) is 26.2 Å². The molecule has 190 valence electrons. The van der Waals surface area contributed by atoms with Gasteiger partial charge < -0.3 is 20.7 Å². The number of nitrogens with one attached hydrogen (secondary N) is 3. The number of likely N-dealkylation sites (N-methyl/N-ethyl adjacent to an activating group) is 1. The number of aromatic amines is 1. The average Bonchev–Trinajstić information content (AvgIpc) is 3.32. The van der Waals surface area contributed by atoms with E-state index in [0.29, 0.717) is 47.4 Å². The Kier molecular flexibility index (Phi) is 7.40. The molecule has 0 radical (unpaired) electrons. The molecule has 7 nitrogen and oxygen atoms in total. The Labute approximate surface area is 217 Å². The summed E-state index contributed by atoms with van der Waals surface area (Å²) in [5, 5.41) is 18.6. The number of aryl methyl sites for hydroxylation is 1. The lowest BCUT2D eigenvalue weighted by molar-refractivity contribution is 0.0955. The summed E-state index contributed by atoms with van der Waals surface area (Å²) in [7, 11) is 1.85. The number of aromatic hydroxyl groups is 1. The Morgan fingerprint density at radius 3 is 2.76 bits per heavy atom. The van der Waals surface area contributed by atoms with Crippen LogP contribution in [0.2, 0.25) is 0 Å². The van der Waals surface area contributed by atoms with Gasteiger partial charge in [-0.25, -0.2) is 4.98 Å². The highest BCUT2D eigenvalue weighted by Gasteiger charge is 2.18. The number of carbonyl (C=O) groups excluding carboxylic acids is 1. The van der Waals surface area contributed by atoms with E-state index in [1.54, 1.807) is 12.1 Å². The minimum absolute atomic E-state index is 0.0691. The van der Waals surface area contributed by atoms with Gasteiger partial charge in [-0.3, -0.25) is 9.69 Å². The second kappa shape index (κ2) is 11.0. The van der Waals surface area contributed by atoms with E-state index < -0.39 is 0 Å². The standard InChI is InChI=1S/C30H33N5O2/c1-20-8-9-26-22(15-20)25(19-33-26)27-17-24(30(37)32-11-10-31-2)23-16-21(29(36)18-28(23)34-27)7-6-14-35-12-4-3-5-13-35/h8-9,15-19,31,33,36H,3-5,10-14H2,1-2H3,(H,32,37). The molecule has 0 atom stereocenters. The van der Waals surface area contributed by atoms with Crippen molar-refractivity contribution >= 4 is 27.7 Å². The van der Waals surface area contributed by atoms with Gasteiger partial charge in [0.1, 0.15) is 5.75 Å². The van der Waals surface area contributed by atoms with Gasteiger partial charge in [0.25, 0.3) is 5.91 Å². The zero-order chi connectivity index (χ0) is 25.8. The molecule has 5 rings (SSSR count). The number of pyridine rings is 1. The number of phenolic OH excluding ortho intramolecular Hbond substituents is 1. The van der Waals surface area contributed by atoms with Crippen LogP contribution in [-0.2, 0) is 0 Å². The maximum atomic E-state index is 13.3. The second-order valence-electron chi connectivity index (χ2n) is 9.69. The summed E-state index contributed by atoms with van der Waals surface area (Å²) in [5.41, 5.74) is 5.30. The van der Waals surface area contributed by atoms with E-state index in [1.807, 2.05) is 25.4 Å². The van der Waals surface area contributed by atoms with E-state index in [4.69, 9.17) is 4.98 Å². The molecule has 1 amide bonds. The lowest BCUT2D eigenvalue weighted by Gasteiger charge is -2.23. The fraction of sp³-hybridized carbons (Fsp3) is 0.333. The molecule has 4 aromatic rings. The van der Waals surface area contributed by atoms with Crippen LogP contribution in [0.4, 0.5) is 0 Å². The average molecular weight is 496 g/mol. The monoisotopic (exact) mass is 495 g/mol. The number of H-pyrrole nitrogens is 1. The summed E-state index contributed by atoms with van der Waals surface area (Å²) in [5.74, 6) is 6.22. The molecule has 1 aliphatic heterocycles. The van der Waals surface area contributed by atoms with Crippen LogP contribution in [0.5, 0.6) is 5.75 Å².